The Hall–Kier alpha value is -3.70. The Bertz CT molecular complexity index is 1490. The van der Waals surface area contributed by atoms with Gasteiger partial charge in [0.15, 0.2) is 0 Å². The average molecular weight is 468 g/mol. The molecule has 170 valence electrons. The molecule has 3 aromatic carbocycles. The van der Waals surface area contributed by atoms with Gasteiger partial charge in [0.25, 0.3) is 0 Å². The quantitative estimate of drug-likeness (QED) is 0.264. The molecule has 0 bridgehead atoms. The largest absolute Gasteiger partial charge is 0.485 e. The summed E-state index contributed by atoms with van der Waals surface area (Å²) in [5, 5.41) is 13.9. The van der Waals surface area contributed by atoms with Crippen molar-refractivity contribution < 1.29 is 14.6 Å². The minimum atomic E-state index is -0.987. The van der Waals surface area contributed by atoms with Gasteiger partial charge in [-0.3, -0.25) is 0 Å². The van der Waals surface area contributed by atoms with E-state index < -0.39 is 5.97 Å². The molecule has 34 heavy (non-hydrogen) atoms. The normalized spacial score (nSPS) is 12.2. The van der Waals surface area contributed by atoms with Crippen molar-refractivity contribution in [3.05, 3.63) is 94.9 Å². The van der Waals surface area contributed by atoms with Gasteiger partial charge in [-0.1, -0.05) is 68.4 Å². The number of hydrogen-bond acceptors (Lipinski definition) is 4. The van der Waals surface area contributed by atoms with Crippen LogP contribution in [0.2, 0.25) is 0 Å². The molecule has 4 nitrogen and oxygen atoms in total. The number of aromatic nitrogens is 1. The lowest BCUT2D eigenvalue weighted by Gasteiger charge is -2.21. The summed E-state index contributed by atoms with van der Waals surface area (Å²) >= 11 is 1.64. The van der Waals surface area contributed by atoms with Gasteiger partial charge in [-0.05, 0) is 42.2 Å². The zero-order valence-electron chi connectivity index (χ0n) is 19.1. The van der Waals surface area contributed by atoms with Gasteiger partial charge in [0.1, 0.15) is 11.9 Å². The van der Waals surface area contributed by atoms with Crippen LogP contribution in [0.3, 0.4) is 0 Å². The van der Waals surface area contributed by atoms with E-state index in [9.17, 15) is 9.90 Å². The van der Waals surface area contributed by atoms with E-state index in [0.717, 1.165) is 39.6 Å². The maximum atomic E-state index is 12.5. The minimum absolute atomic E-state index is 0.181. The number of aryl methyl sites for hydroxylation is 1. The number of ether oxygens (including phenoxy) is 1. The van der Waals surface area contributed by atoms with Crippen LogP contribution in [0.25, 0.3) is 32.2 Å². The van der Waals surface area contributed by atoms with E-state index in [1.54, 1.807) is 17.4 Å². The van der Waals surface area contributed by atoms with Gasteiger partial charge in [0.2, 0.25) is 0 Å². The van der Waals surface area contributed by atoms with Crippen LogP contribution in [0, 0.1) is 0 Å². The minimum Gasteiger partial charge on any atom is -0.485 e. The topological polar surface area (TPSA) is 59.4 Å². The van der Waals surface area contributed by atoms with E-state index in [1.165, 1.54) is 0 Å². The number of benzene rings is 3. The maximum absolute atomic E-state index is 12.5. The molecule has 0 amide bonds. The number of carboxylic acid groups (broad SMARTS) is 1. The molecule has 0 aliphatic heterocycles. The maximum Gasteiger partial charge on any atom is 0.336 e. The molecular formula is C29H25NO3S. The van der Waals surface area contributed by atoms with Crippen molar-refractivity contribution in [3.8, 4) is 17.0 Å². The van der Waals surface area contributed by atoms with Gasteiger partial charge in [0, 0.05) is 21.0 Å². The molecule has 1 N–H and O–H groups in total. The van der Waals surface area contributed by atoms with E-state index >= 15 is 0 Å². The van der Waals surface area contributed by atoms with Crippen molar-refractivity contribution >= 4 is 38.3 Å². The fourth-order valence-corrected chi connectivity index (χ4v) is 5.39. The highest BCUT2D eigenvalue weighted by Gasteiger charge is 2.22. The summed E-state index contributed by atoms with van der Waals surface area (Å²) in [6.07, 6.45) is 1.32. The molecule has 5 heteroatoms. The van der Waals surface area contributed by atoms with Crippen molar-refractivity contribution in [2.24, 2.45) is 0 Å². The van der Waals surface area contributed by atoms with Crippen LogP contribution in [0.15, 0.2) is 78.2 Å². The lowest BCUT2D eigenvalue weighted by atomic mass is 9.99. The van der Waals surface area contributed by atoms with Crippen molar-refractivity contribution in [2.75, 3.05) is 0 Å². The Morgan fingerprint density at radius 2 is 1.79 bits per heavy atom. The molecular weight excluding hydrogens is 442 g/mol. The van der Waals surface area contributed by atoms with Crippen LogP contribution in [0.5, 0.6) is 5.75 Å². The van der Waals surface area contributed by atoms with Crippen molar-refractivity contribution in [1.29, 1.82) is 0 Å². The second-order valence-electron chi connectivity index (χ2n) is 8.23. The number of carboxylic acids is 1. The van der Waals surface area contributed by atoms with Crippen molar-refractivity contribution in [2.45, 2.75) is 32.8 Å². The van der Waals surface area contributed by atoms with Gasteiger partial charge in [-0.25, -0.2) is 9.78 Å². The predicted molar refractivity (Wildman–Crippen MR) is 139 cm³/mol. The van der Waals surface area contributed by atoms with Gasteiger partial charge in [0.05, 0.1) is 22.2 Å². The number of carbonyl (C=O) groups is 1. The summed E-state index contributed by atoms with van der Waals surface area (Å²) in [5.41, 5.74) is 4.58. The third-order valence-corrected chi connectivity index (χ3v) is 7.15. The Kier molecular flexibility index (Phi) is 6.03. The van der Waals surface area contributed by atoms with Gasteiger partial charge < -0.3 is 9.84 Å². The van der Waals surface area contributed by atoms with E-state index in [4.69, 9.17) is 9.72 Å². The SMILES string of the molecule is CCc1ccc(O[C@H](CC)c2ccccc2)c2c(C(=O)O)cc(-c3csc4ccccc34)nc12. The first-order valence-corrected chi connectivity index (χ1v) is 12.4. The molecule has 5 aromatic rings. The fraction of sp³-hybridized carbons (Fsp3) is 0.172. The number of pyridine rings is 1. The Labute approximate surface area is 202 Å². The number of nitrogens with zero attached hydrogens (tertiary/aromatic N) is 1. The summed E-state index contributed by atoms with van der Waals surface area (Å²) in [4.78, 5) is 17.5. The van der Waals surface area contributed by atoms with Gasteiger partial charge in [-0.15, -0.1) is 11.3 Å². The molecule has 0 aliphatic carbocycles. The first-order chi connectivity index (χ1) is 16.6. The van der Waals surface area contributed by atoms with Crippen LogP contribution in [-0.4, -0.2) is 16.1 Å². The number of thiophene rings is 1. The second-order valence-corrected chi connectivity index (χ2v) is 9.14. The molecule has 0 saturated heterocycles. The van der Waals surface area contributed by atoms with Crippen molar-refractivity contribution in [1.82, 2.24) is 4.98 Å². The standard InChI is InChI=1S/C29H25NO3S/c1-3-18-14-15-25(33-24(4-2)19-10-6-5-7-11-19)27-21(29(31)32)16-23(30-28(18)27)22-17-34-26-13-9-8-12-20(22)26/h5-17,24H,3-4H2,1-2H3,(H,31,32)/t24-/m1/s1. The van der Waals surface area contributed by atoms with Crippen LogP contribution >= 0.6 is 11.3 Å². The Balaban J connectivity index is 1.72. The third kappa shape index (κ3) is 3.93. The highest BCUT2D eigenvalue weighted by Crippen LogP contribution is 2.39. The molecule has 0 aliphatic rings. The highest BCUT2D eigenvalue weighted by molar-refractivity contribution is 7.17. The number of hydrogen-bond donors (Lipinski definition) is 1. The fourth-order valence-electron chi connectivity index (χ4n) is 4.44. The first-order valence-electron chi connectivity index (χ1n) is 11.5. The summed E-state index contributed by atoms with van der Waals surface area (Å²) < 4.78 is 7.60. The van der Waals surface area contributed by atoms with E-state index in [2.05, 4.69) is 31.4 Å². The smallest absolute Gasteiger partial charge is 0.336 e. The highest BCUT2D eigenvalue weighted by atomic mass is 32.1. The Morgan fingerprint density at radius 3 is 2.53 bits per heavy atom. The first kappa shape index (κ1) is 22.1. The zero-order valence-corrected chi connectivity index (χ0v) is 19.9. The lowest BCUT2D eigenvalue weighted by Crippen LogP contribution is -2.09. The third-order valence-electron chi connectivity index (χ3n) is 6.19. The van der Waals surface area contributed by atoms with E-state index in [1.807, 2.05) is 54.6 Å². The van der Waals surface area contributed by atoms with Crippen molar-refractivity contribution in [3.63, 3.8) is 0 Å². The summed E-state index contributed by atoms with van der Waals surface area (Å²) in [7, 11) is 0. The summed E-state index contributed by atoms with van der Waals surface area (Å²) in [5.74, 6) is -0.437. The Morgan fingerprint density at radius 1 is 1.03 bits per heavy atom. The molecule has 0 unspecified atom stereocenters. The molecule has 0 radical (unpaired) electrons. The number of aromatic carboxylic acids is 1. The number of fused-ring (bicyclic) bond motifs is 2. The van der Waals surface area contributed by atoms with Crippen LogP contribution in [-0.2, 0) is 6.42 Å². The molecule has 0 saturated carbocycles. The molecule has 0 fully saturated rings. The van der Waals surface area contributed by atoms with Crippen LogP contribution in [0.4, 0.5) is 0 Å². The molecule has 2 heterocycles. The van der Waals surface area contributed by atoms with Gasteiger partial charge in [-0.2, -0.15) is 0 Å². The number of rotatable bonds is 7. The summed E-state index contributed by atoms with van der Waals surface area (Å²) in [6.45, 7) is 4.12. The molecule has 0 spiro atoms. The van der Waals surface area contributed by atoms with E-state index in [0.29, 0.717) is 22.3 Å². The predicted octanol–water partition coefficient (Wildman–Crippen LogP) is 7.91. The molecule has 1 atom stereocenters. The second kappa shape index (κ2) is 9.27. The molecule has 2 aromatic heterocycles. The zero-order chi connectivity index (χ0) is 23.7. The van der Waals surface area contributed by atoms with Crippen LogP contribution < -0.4 is 4.74 Å². The lowest BCUT2D eigenvalue weighted by molar-refractivity contribution is 0.0698. The average Bonchev–Trinajstić information content (AvgIpc) is 3.31. The van der Waals surface area contributed by atoms with Gasteiger partial charge >= 0.3 is 5.97 Å². The monoisotopic (exact) mass is 467 g/mol. The summed E-state index contributed by atoms with van der Waals surface area (Å²) in [6, 6.07) is 23.7. The molecule has 5 rings (SSSR count). The van der Waals surface area contributed by atoms with E-state index in [-0.39, 0.29) is 11.7 Å². The van der Waals surface area contributed by atoms with Crippen LogP contribution in [0.1, 0.15) is 47.9 Å².